The van der Waals surface area contributed by atoms with E-state index < -0.39 is 65.8 Å². The second-order valence-electron chi connectivity index (χ2n) is 12.5. The maximum Gasteiger partial charge on any atom is 0.311 e. The molecule has 0 spiro atoms. The summed E-state index contributed by atoms with van der Waals surface area (Å²) >= 11 is 1.13. The second-order valence-corrected chi connectivity index (χ2v) is 13.6. The number of phenolic OH excluding ortho intramolecular Hbond substituents is 1. The first-order chi connectivity index (χ1) is 23.3. The number of likely N-dealkylation sites (N-methyl/N-ethyl adjacent to an activating group) is 2. The normalized spacial score (nSPS) is 24.7. The van der Waals surface area contributed by atoms with E-state index >= 15 is 0 Å². The van der Waals surface area contributed by atoms with E-state index in [0.717, 1.165) is 16.9 Å². The molecule has 4 amide bonds. The molecule has 2 bridgehead atoms. The molecule has 49 heavy (non-hydrogen) atoms. The van der Waals surface area contributed by atoms with Gasteiger partial charge in [-0.25, -0.2) is 4.98 Å². The number of amides is 4. The minimum absolute atomic E-state index is 0.0467. The van der Waals surface area contributed by atoms with Crippen LogP contribution in [0.4, 0.5) is 0 Å². The van der Waals surface area contributed by atoms with Crippen LogP contribution in [0.3, 0.4) is 0 Å². The Morgan fingerprint density at radius 3 is 2.10 bits per heavy atom. The van der Waals surface area contributed by atoms with Crippen LogP contribution in [-0.2, 0) is 36.8 Å². The Labute approximate surface area is 290 Å². The number of esters is 1. The van der Waals surface area contributed by atoms with Crippen LogP contribution in [0.15, 0.2) is 60.8 Å². The zero-order valence-corrected chi connectivity index (χ0v) is 29.5. The second kappa shape index (κ2) is 16.6. The van der Waals surface area contributed by atoms with Crippen LogP contribution in [0, 0.1) is 5.92 Å². The average molecular weight is 692 g/mol. The van der Waals surface area contributed by atoms with Crippen LogP contribution in [0.2, 0.25) is 0 Å². The maximum atomic E-state index is 14.5. The zero-order valence-electron chi connectivity index (χ0n) is 28.7. The molecule has 262 valence electrons. The van der Waals surface area contributed by atoms with Crippen molar-refractivity contribution in [1.82, 2.24) is 25.4 Å². The Kier molecular flexibility index (Phi) is 12.5. The molecule has 2 aromatic carbocycles. The largest absolute Gasteiger partial charge is 0.508 e. The Balaban J connectivity index is 1.77. The van der Waals surface area contributed by atoms with Crippen molar-refractivity contribution in [1.29, 1.82) is 0 Å². The van der Waals surface area contributed by atoms with Crippen molar-refractivity contribution >= 4 is 40.9 Å². The van der Waals surface area contributed by atoms with E-state index in [0.29, 0.717) is 28.3 Å². The number of fused-ring (bicyclic) bond motifs is 2. The van der Waals surface area contributed by atoms with Crippen LogP contribution in [0.25, 0.3) is 0 Å². The summed E-state index contributed by atoms with van der Waals surface area (Å²) in [7, 11) is 2.99. The van der Waals surface area contributed by atoms with Crippen molar-refractivity contribution in [2.45, 2.75) is 83.6 Å². The van der Waals surface area contributed by atoms with Gasteiger partial charge in [0, 0.05) is 33.0 Å². The molecule has 0 unspecified atom stereocenters. The number of carbonyl (C=O) groups is 5. The standard InChI is InChI=1S/C36H45N5O7S/c1-7-11-27-21(2)36(47)48-23(4)34(45)41(6)29(19-25-14-16-26(42)17-15-25)35(46)40(5)28(18-24-12-9-8-10-13-24)31(43)38-22(3)33-37-20-30(49-33)32(44)39-27/h8-10,12-17,20-23,27-29,42H,7,11,18-19H2,1-6H3,(H,38,43)(H,39,44)/t21-,22+,23+,27-,28+,29+/m1/s1. The van der Waals surface area contributed by atoms with E-state index in [9.17, 15) is 29.1 Å². The van der Waals surface area contributed by atoms with Crippen molar-refractivity contribution in [2.24, 2.45) is 5.92 Å². The third kappa shape index (κ3) is 9.23. The molecular weight excluding hydrogens is 646 g/mol. The van der Waals surface area contributed by atoms with Gasteiger partial charge in [0.05, 0.1) is 18.2 Å². The van der Waals surface area contributed by atoms with Crippen LogP contribution < -0.4 is 10.6 Å². The van der Waals surface area contributed by atoms with E-state index in [1.807, 2.05) is 37.3 Å². The lowest BCUT2D eigenvalue weighted by molar-refractivity contribution is -0.164. The quantitative estimate of drug-likeness (QED) is 0.331. The number of hydrogen-bond donors (Lipinski definition) is 3. The number of nitrogens with zero attached hydrogens (tertiary/aromatic N) is 3. The third-order valence-corrected chi connectivity index (χ3v) is 10.0. The number of thiazole rings is 1. The molecule has 1 aliphatic heterocycles. The summed E-state index contributed by atoms with van der Waals surface area (Å²) in [5.41, 5.74) is 1.48. The van der Waals surface area contributed by atoms with Gasteiger partial charge in [0.1, 0.15) is 27.7 Å². The van der Waals surface area contributed by atoms with Gasteiger partial charge in [-0.3, -0.25) is 24.0 Å². The number of nitrogens with one attached hydrogen (secondary N) is 2. The molecule has 0 aliphatic carbocycles. The number of ether oxygens (including phenoxy) is 1. The summed E-state index contributed by atoms with van der Waals surface area (Å²) in [6, 6.07) is 12.3. The smallest absolute Gasteiger partial charge is 0.311 e. The molecule has 0 radical (unpaired) electrons. The highest BCUT2D eigenvalue weighted by molar-refractivity contribution is 7.13. The third-order valence-electron chi connectivity index (χ3n) is 8.86. The fourth-order valence-electron chi connectivity index (χ4n) is 5.78. The molecule has 3 N–H and O–H groups in total. The minimum atomic E-state index is -1.26. The molecule has 0 saturated heterocycles. The molecule has 4 rings (SSSR count). The van der Waals surface area contributed by atoms with Crippen molar-refractivity contribution in [2.75, 3.05) is 14.1 Å². The molecule has 13 heteroatoms. The van der Waals surface area contributed by atoms with Gasteiger partial charge in [-0.15, -0.1) is 11.3 Å². The molecule has 6 atom stereocenters. The van der Waals surface area contributed by atoms with E-state index in [-0.39, 0.29) is 18.6 Å². The number of rotatable bonds is 6. The summed E-state index contributed by atoms with van der Waals surface area (Å²) in [6.45, 7) is 6.77. The highest BCUT2D eigenvalue weighted by Gasteiger charge is 2.38. The predicted octanol–water partition coefficient (Wildman–Crippen LogP) is 3.65. The first-order valence-electron chi connectivity index (χ1n) is 16.4. The number of phenols is 1. The fraction of sp³-hybridized carbons (Fsp3) is 0.444. The lowest BCUT2D eigenvalue weighted by atomic mass is 9.97. The van der Waals surface area contributed by atoms with Gasteiger partial charge >= 0.3 is 5.97 Å². The van der Waals surface area contributed by atoms with Crippen molar-refractivity contribution in [3.05, 3.63) is 81.8 Å². The van der Waals surface area contributed by atoms with Gasteiger partial charge in [-0.1, -0.05) is 55.8 Å². The highest BCUT2D eigenvalue weighted by atomic mass is 32.1. The summed E-state index contributed by atoms with van der Waals surface area (Å²) in [5.74, 6) is -3.38. The molecule has 0 fully saturated rings. The molecule has 2 heterocycles. The fourth-order valence-corrected chi connectivity index (χ4v) is 6.60. The molecule has 1 aromatic heterocycles. The summed E-state index contributed by atoms with van der Waals surface area (Å²) < 4.78 is 5.65. The van der Waals surface area contributed by atoms with Crippen molar-refractivity contribution < 1.29 is 33.8 Å². The van der Waals surface area contributed by atoms with Gasteiger partial charge in [0.2, 0.25) is 11.8 Å². The highest BCUT2D eigenvalue weighted by Crippen LogP contribution is 2.24. The Hall–Kier alpha value is -4.78. The molecule has 0 saturated carbocycles. The van der Waals surface area contributed by atoms with Crippen molar-refractivity contribution in [3.8, 4) is 5.75 Å². The first kappa shape index (κ1) is 37.0. The van der Waals surface area contributed by atoms with Gasteiger partial charge in [-0.05, 0) is 50.5 Å². The Bertz CT molecular complexity index is 1630. The number of hydrogen-bond acceptors (Lipinski definition) is 9. The summed E-state index contributed by atoms with van der Waals surface area (Å²) in [5, 5.41) is 16.2. The Morgan fingerprint density at radius 1 is 0.837 bits per heavy atom. The monoisotopic (exact) mass is 691 g/mol. The van der Waals surface area contributed by atoms with E-state index in [2.05, 4.69) is 15.6 Å². The van der Waals surface area contributed by atoms with Crippen LogP contribution in [-0.4, -0.2) is 87.8 Å². The minimum Gasteiger partial charge on any atom is -0.508 e. The van der Waals surface area contributed by atoms with Gasteiger partial charge < -0.3 is 30.3 Å². The molecule has 1 aliphatic rings. The SMILES string of the molecule is CCC[C@H]1NC(=O)c2cnc(s2)[C@H](C)NC(=O)[C@H](Cc2ccccc2)N(C)C(=O)[C@H](Cc2ccc(O)cc2)N(C)C(=O)[C@H](C)OC(=O)[C@@H]1C. The molecule has 3 aromatic rings. The number of benzene rings is 2. The zero-order chi connectivity index (χ0) is 35.8. The van der Waals surface area contributed by atoms with Crippen LogP contribution in [0.5, 0.6) is 5.75 Å². The Morgan fingerprint density at radius 2 is 1.45 bits per heavy atom. The summed E-state index contributed by atoms with van der Waals surface area (Å²) in [4.78, 5) is 76.2. The van der Waals surface area contributed by atoms with Crippen molar-refractivity contribution in [3.63, 3.8) is 0 Å². The lowest BCUT2D eigenvalue weighted by Crippen LogP contribution is -2.57. The number of aromatic hydroxyl groups is 1. The van der Waals surface area contributed by atoms with Gasteiger partial charge in [0.25, 0.3) is 11.8 Å². The van der Waals surface area contributed by atoms with Gasteiger partial charge in [-0.2, -0.15) is 0 Å². The lowest BCUT2D eigenvalue weighted by Gasteiger charge is -2.35. The van der Waals surface area contributed by atoms with Crippen LogP contribution >= 0.6 is 11.3 Å². The number of carbonyl (C=O) groups excluding carboxylic acids is 5. The molecule has 12 nitrogen and oxygen atoms in total. The maximum absolute atomic E-state index is 14.5. The number of cyclic esters (lactones) is 1. The number of aromatic nitrogens is 1. The molecular formula is C36H45N5O7S. The van der Waals surface area contributed by atoms with E-state index in [1.54, 1.807) is 26.0 Å². The van der Waals surface area contributed by atoms with E-state index in [1.165, 1.54) is 49.1 Å². The summed E-state index contributed by atoms with van der Waals surface area (Å²) in [6.07, 6.45) is 1.58. The van der Waals surface area contributed by atoms with Gasteiger partial charge in [0.15, 0.2) is 6.10 Å². The predicted molar refractivity (Wildman–Crippen MR) is 185 cm³/mol. The van der Waals surface area contributed by atoms with Crippen LogP contribution in [0.1, 0.15) is 72.4 Å². The average Bonchev–Trinajstić information content (AvgIpc) is 3.59. The van der Waals surface area contributed by atoms with E-state index in [4.69, 9.17) is 4.74 Å². The first-order valence-corrected chi connectivity index (χ1v) is 17.2. The topological polar surface area (TPSA) is 158 Å².